The van der Waals surface area contributed by atoms with Gasteiger partial charge in [0.1, 0.15) is 11.6 Å². The molecule has 1 unspecified atom stereocenters. The molecule has 0 saturated carbocycles. The van der Waals surface area contributed by atoms with Crippen LogP contribution in [0.15, 0.2) is 78.0 Å². The molecule has 0 saturated heterocycles. The molecule has 3 heterocycles. The highest BCUT2D eigenvalue weighted by Gasteiger charge is 2.29. The smallest absolute Gasteiger partial charge is 0.323 e. The number of para-hydroxylation sites is 1. The summed E-state index contributed by atoms with van der Waals surface area (Å²) in [6, 6.07) is 14.9. The van der Waals surface area contributed by atoms with Crippen molar-refractivity contribution in [3.8, 4) is 11.5 Å². The Morgan fingerprint density at radius 1 is 1.02 bits per heavy atom. The molecule has 4 aromatic rings. The SMILES string of the molecule is COCCNCc1ccc(C2Cc3nccc(Oc4ccc(NC(=O)Nc5ccccc5F)cc4F)c3S2)nc1. The summed E-state index contributed by atoms with van der Waals surface area (Å²) < 4.78 is 39.7. The van der Waals surface area contributed by atoms with E-state index in [4.69, 9.17) is 9.47 Å². The minimum absolute atomic E-state index is 0.000892. The molecule has 0 spiro atoms. The van der Waals surface area contributed by atoms with Crippen LogP contribution < -0.4 is 20.7 Å². The highest BCUT2D eigenvalue weighted by Crippen LogP contribution is 2.50. The van der Waals surface area contributed by atoms with Gasteiger partial charge in [-0.2, -0.15) is 0 Å². The average molecular weight is 564 g/mol. The predicted octanol–water partition coefficient (Wildman–Crippen LogP) is 6.32. The second-order valence-electron chi connectivity index (χ2n) is 8.96. The third kappa shape index (κ3) is 6.74. The van der Waals surface area contributed by atoms with Gasteiger partial charge in [0.15, 0.2) is 11.6 Å². The molecular weight excluding hydrogens is 536 g/mol. The molecule has 5 rings (SSSR count). The maximum atomic E-state index is 14.9. The first-order chi connectivity index (χ1) is 19.5. The number of carbonyl (C=O) groups excluding carboxylic acids is 1. The van der Waals surface area contributed by atoms with Crippen molar-refractivity contribution in [2.24, 2.45) is 0 Å². The fourth-order valence-electron chi connectivity index (χ4n) is 4.11. The number of aromatic nitrogens is 2. The van der Waals surface area contributed by atoms with Gasteiger partial charge in [0.05, 0.1) is 33.8 Å². The molecule has 1 atom stereocenters. The number of benzene rings is 2. The largest absolute Gasteiger partial charge is 0.453 e. The van der Waals surface area contributed by atoms with E-state index in [1.54, 1.807) is 37.2 Å². The van der Waals surface area contributed by atoms with Gasteiger partial charge in [0.2, 0.25) is 0 Å². The van der Waals surface area contributed by atoms with Crippen LogP contribution in [-0.4, -0.2) is 36.3 Å². The summed E-state index contributed by atoms with van der Waals surface area (Å²) in [5.41, 5.74) is 3.09. The van der Waals surface area contributed by atoms with E-state index >= 15 is 0 Å². The van der Waals surface area contributed by atoms with E-state index in [0.29, 0.717) is 25.3 Å². The maximum Gasteiger partial charge on any atom is 0.323 e. The Morgan fingerprint density at radius 2 is 1.90 bits per heavy atom. The molecule has 0 aliphatic carbocycles. The van der Waals surface area contributed by atoms with E-state index in [1.165, 1.54) is 30.3 Å². The molecule has 1 aliphatic rings. The number of pyridine rings is 2. The van der Waals surface area contributed by atoms with Crippen molar-refractivity contribution in [3.05, 3.63) is 102 Å². The number of halogens is 2. The van der Waals surface area contributed by atoms with Gasteiger partial charge >= 0.3 is 6.03 Å². The number of hydrogen-bond acceptors (Lipinski definition) is 7. The van der Waals surface area contributed by atoms with Gasteiger partial charge in [0, 0.05) is 56.8 Å². The zero-order valence-electron chi connectivity index (χ0n) is 21.6. The summed E-state index contributed by atoms with van der Waals surface area (Å²) in [5.74, 6) is -0.740. The van der Waals surface area contributed by atoms with Crippen LogP contribution in [0.3, 0.4) is 0 Å². The number of ether oxygens (including phenoxy) is 2. The van der Waals surface area contributed by atoms with Crippen molar-refractivity contribution in [1.29, 1.82) is 0 Å². The lowest BCUT2D eigenvalue weighted by Gasteiger charge is -2.12. The lowest BCUT2D eigenvalue weighted by Crippen LogP contribution is -2.20. The number of amides is 2. The summed E-state index contributed by atoms with van der Waals surface area (Å²) in [5, 5.41) is 8.25. The zero-order valence-corrected chi connectivity index (χ0v) is 22.4. The Kier molecular flexibility index (Phi) is 8.84. The van der Waals surface area contributed by atoms with Crippen LogP contribution in [0.4, 0.5) is 25.0 Å². The number of nitrogens with one attached hydrogen (secondary N) is 3. The fraction of sp³-hybridized carbons (Fsp3) is 0.207. The highest BCUT2D eigenvalue weighted by atomic mass is 32.2. The Bertz CT molecular complexity index is 1490. The second kappa shape index (κ2) is 12.9. The Morgan fingerprint density at radius 3 is 2.67 bits per heavy atom. The molecule has 3 N–H and O–H groups in total. The first-order valence-electron chi connectivity index (χ1n) is 12.6. The number of methoxy groups -OCH3 is 1. The minimum atomic E-state index is -0.698. The van der Waals surface area contributed by atoms with Gasteiger partial charge in [-0.3, -0.25) is 9.97 Å². The molecule has 40 heavy (non-hydrogen) atoms. The van der Waals surface area contributed by atoms with Crippen molar-refractivity contribution in [2.45, 2.75) is 23.1 Å². The Hall–Kier alpha value is -4.06. The van der Waals surface area contributed by atoms with Gasteiger partial charge in [-0.25, -0.2) is 13.6 Å². The first kappa shape index (κ1) is 27.5. The van der Waals surface area contributed by atoms with Gasteiger partial charge < -0.3 is 25.4 Å². The number of hydrogen-bond donors (Lipinski definition) is 3. The molecule has 2 aromatic heterocycles. The van der Waals surface area contributed by atoms with Gasteiger partial charge in [-0.05, 0) is 35.9 Å². The molecule has 0 bridgehead atoms. The standard InChI is InChI=1S/C29H27F2N5O3S/c1-38-13-12-32-16-18-6-8-23(34-17-18)27-15-24-28(40-27)26(10-11-33-24)39-25-9-7-19(14-21(25)31)35-29(37)36-22-5-3-2-4-20(22)30/h2-11,14,17,27,32H,12-13,15-16H2,1H3,(H2,35,36,37). The first-order valence-corrected chi connectivity index (χ1v) is 13.5. The third-order valence-corrected chi connectivity index (χ3v) is 7.47. The van der Waals surface area contributed by atoms with Crippen LogP contribution >= 0.6 is 11.8 Å². The van der Waals surface area contributed by atoms with Crippen LogP contribution in [0.5, 0.6) is 11.5 Å². The monoisotopic (exact) mass is 563 g/mol. The number of urea groups is 1. The van der Waals surface area contributed by atoms with Crippen LogP contribution in [0.25, 0.3) is 0 Å². The maximum absolute atomic E-state index is 14.9. The van der Waals surface area contributed by atoms with Gasteiger partial charge in [-0.15, -0.1) is 11.8 Å². The van der Waals surface area contributed by atoms with E-state index < -0.39 is 17.7 Å². The number of thioether (sulfide) groups is 1. The summed E-state index contributed by atoms with van der Waals surface area (Å²) in [7, 11) is 1.67. The lowest BCUT2D eigenvalue weighted by atomic mass is 10.1. The van der Waals surface area contributed by atoms with E-state index in [-0.39, 0.29) is 22.4 Å². The van der Waals surface area contributed by atoms with E-state index in [9.17, 15) is 13.6 Å². The molecule has 2 aromatic carbocycles. The summed E-state index contributed by atoms with van der Waals surface area (Å²) in [4.78, 5) is 22.2. The molecule has 0 fully saturated rings. The quantitative estimate of drug-likeness (QED) is 0.194. The van der Waals surface area contributed by atoms with Crippen LogP contribution in [-0.2, 0) is 17.7 Å². The molecule has 11 heteroatoms. The number of nitrogens with zero attached hydrogens (tertiary/aromatic N) is 2. The van der Waals surface area contributed by atoms with Crippen molar-refractivity contribution in [1.82, 2.24) is 15.3 Å². The average Bonchev–Trinajstić information content (AvgIpc) is 3.40. The minimum Gasteiger partial charge on any atom is -0.453 e. The van der Waals surface area contributed by atoms with E-state index in [1.807, 2.05) is 12.3 Å². The summed E-state index contributed by atoms with van der Waals surface area (Å²) in [6.07, 6.45) is 4.18. The summed E-state index contributed by atoms with van der Waals surface area (Å²) >= 11 is 1.58. The fourth-order valence-corrected chi connectivity index (χ4v) is 5.40. The number of fused-ring (bicyclic) bond motifs is 1. The van der Waals surface area contributed by atoms with Crippen molar-refractivity contribution in [2.75, 3.05) is 30.9 Å². The third-order valence-electron chi connectivity index (χ3n) is 6.10. The number of carbonyl (C=O) groups is 1. The molecular formula is C29H27F2N5O3S. The molecule has 206 valence electrons. The molecule has 2 amide bonds. The summed E-state index contributed by atoms with van der Waals surface area (Å²) in [6.45, 7) is 2.13. The molecule has 0 radical (unpaired) electrons. The molecule has 8 nitrogen and oxygen atoms in total. The van der Waals surface area contributed by atoms with Gasteiger partial charge in [0.25, 0.3) is 0 Å². The second-order valence-corrected chi connectivity index (χ2v) is 10.2. The van der Waals surface area contributed by atoms with Gasteiger partial charge in [-0.1, -0.05) is 18.2 Å². The predicted molar refractivity (Wildman–Crippen MR) is 150 cm³/mol. The Labute approximate surface area is 234 Å². The number of rotatable bonds is 10. The highest BCUT2D eigenvalue weighted by molar-refractivity contribution is 8.00. The normalized spacial score (nSPS) is 14.0. The Balaban J connectivity index is 1.21. The van der Waals surface area contributed by atoms with Crippen molar-refractivity contribution >= 4 is 29.2 Å². The zero-order chi connectivity index (χ0) is 27.9. The van der Waals surface area contributed by atoms with E-state index in [2.05, 4.69) is 32.0 Å². The number of anilines is 2. The van der Waals surface area contributed by atoms with Crippen LogP contribution in [0.1, 0.15) is 22.2 Å². The van der Waals surface area contributed by atoms with Crippen LogP contribution in [0, 0.1) is 11.6 Å². The molecule has 1 aliphatic heterocycles. The van der Waals surface area contributed by atoms with Crippen molar-refractivity contribution < 1.29 is 23.0 Å². The van der Waals surface area contributed by atoms with Crippen LogP contribution in [0.2, 0.25) is 0 Å². The van der Waals surface area contributed by atoms with Crippen molar-refractivity contribution in [3.63, 3.8) is 0 Å². The topological polar surface area (TPSA) is 97.4 Å². The van der Waals surface area contributed by atoms with E-state index in [0.717, 1.165) is 34.5 Å². The lowest BCUT2D eigenvalue weighted by molar-refractivity contribution is 0.199.